The van der Waals surface area contributed by atoms with Crippen molar-refractivity contribution in [3.8, 4) is 11.3 Å². The molecule has 1 aromatic carbocycles. The van der Waals surface area contributed by atoms with Crippen molar-refractivity contribution in [1.29, 1.82) is 0 Å². The Morgan fingerprint density at radius 1 is 1.26 bits per heavy atom. The molecular formula is C14H17ClN4. The minimum absolute atomic E-state index is 0.556. The van der Waals surface area contributed by atoms with E-state index in [0.29, 0.717) is 11.7 Å². The lowest BCUT2D eigenvalue weighted by atomic mass is 9.91. The molecule has 1 aliphatic rings. The van der Waals surface area contributed by atoms with Gasteiger partial charge in [-0.25, -0.2) is 0 Å². The number of hydrogen-bond donors (Lipinski definition) is 1. The molecular weight excluding hydrogens is 260 g/mol. The summed E-state index contributed by atoms with van der Waals surface area (Å²) in [6, 6.07) is 8.03. The number of rotatable bonds is 2. The average Bonchev–Trinajstić information content (AvgIpc) is 2.66. The van der Waals surface area contributed by atoms with Crippen molar-refractivity contribution in [3.05, 3.63) is 34.9 Å². The smallest absolute Gasteiger partial charge is 0.121 e. The van der Waals surface area contributed by atoms with E-state index in [1.54, 1.807) is 4.68 Å². The summed E-state index contributed by atoms with van der Waals surface area (Å²) >= 11 is 6.40. The molecule has 1 aliphatic heterocycles. The number of anilines is 1. The van der Waals surface area contributed by atoms with E-state index in [1.807, 2.05) is 19.2 Å². The van der Waals surface area contributed by atoms with Gasteiger partial charge in [0.15, 0.2) is 0 Å². The first-order chi connectivity index (χ1) is 9.04. The summed E-state index contributed by atoms with van der Waals surface area (Å²) in [5.41, 5.74) is 8.90. The Bertz CT molecular complexity index is 594. The maximum absolute atomic E-state index is 6.40. The van der Waals surface area contributed by atoms with E-state index >= 15 is 0 Å². The molecule has 5 heteroatoms. The quantitative estimate of drug-likeness (QED) is 0.916. The molecule has 0 radical (unpaired) electrons. The van der Waals surface area contributed by atoms with E-state index in [4.69, 9.17) is 17.3 Å². The Morgan fingerprint density at radius 2 is 2.00 bits per heavy atom. The molecule has 1 aromatic heterocycles. The highest BCUT2D eigenvalue weighted by molar-refractivity contribution is 6.31. The van der Waals surface area contributed by atoms with Gasteiger partial charge in [-0.1, -0.05) is 23.7 Å². The number of nitrogens with zero attached hydrogens (tertiary/aromatic N) is 3. The van der Waals surface area contributed by atoms with Crippen LogP contribution in [0.4, 0.5) is 5.82 Å². The number of hydrogen-bond acceptors (Lipinski definition) is 3. The normalized spacial score (nSPS) is 16.6. The number of nitrogens with two attached hydrogens (primary N) is 1. The van der Waals surface area contributed by atoms with Crippen LogP contribution in [0.2, 0.25) is 5.02 Å². The zero-order chi connectivity index (χ0) is 13.6. The van der Waals surface area contributed by atoms with Crippen LogP contribution < -0.4 is 5.73 Å². The third-order valence-electron chi connectivity index (χ3n) is 3.72. The van der Waals surface area contributed by atoms with Crippen molar-refractivity contribution in [2.75, 3.05) is 25.9 Å². The van der Waals surface area contributed by atoms with Crippen molar-refractivity contribution in [2.45, 2.75) is 5.92 Å². The second kappa shape index (κ2) is 4.54. The molecule has 0 atom stereocenters. The third-order valence-corrected chi connectivity index (χ3v) is 4.04. The minimum atomic E-state index is 0.556. The SMILES string of the molecule is CN1CC(c2ccc(-c3cc(N)n(C)n3)cc2Cl)C1. The Hall–Kier alpha value is -1.52. The van der Waals surface area contributed by atoms with Gasteiger partial charge in [-0.15, -0.1) is 0 Å². The first-order valence-corrected chi connectivity index (χ1v) is 6.70. The molecule has 4 nitrogen and oxygen atoms in total. The topological polar surface area (TPSA) is 47.1 Å². The number of nitrogen functional groups attached to an aromatic ring is 1. The van der Waals surface area contributed by atoms with Gasteiger partial charge in [-0.3, -0.25) is 4.68 Å². The molecule has 0 bridgehead atoms. The molecule has 1 fully saturated rings. The van der Waals surface area contributed by atoms with Gasteiger partial charge in [-0.2, -0.15) is 5.10 Å². The zero-order valence-corrected chi connectivity index (χ0v) is 11.9. The van der Waals surface area contributed by atoms with Crippen LogP contribution in [-0.2, 0) is 7.05 Å². The van der Waals surface area contributed by atoms with Crippen LogP contribution in [-0.4, -0.2) is 34.8 Å². The lowest BCUT2D eigenvalue weighted by molar-refractivity contribution is 0.190. The molecule has 100 valence electrons. The van der Waals surface area contributed by atoms with E-state index in [1.165, 1.54) is 5.56 Å². The highest BCUT2D eigenvalue weighted by Gasteiger charge is 2.26. The zero-order valence-electron chi connectivity index (χ0n) is 11.1. The van der Waals surface area contributed by atoms with Crippen LogP contribution in [0.5, 0.6) is 0 Å². The fourth-order valence-corrected chi connectivity index (χ4v) is 2.87. The summed E-state index contributed by atoms with van der Waals surface area (Å²) in [7, 11) is 3.95. The molecule has 19 heavy (non-hydrogen) atoms. The summed E-state index contributed by atoms with van der Waals surface area (Å²) in [5.74, 6) is 1.20. The average molecular weight is 277 g/mol. The molecule has 2 aromatic rings. The van der Waals surface area contributed by atoms with Gasteiger partial charge in [0.2, 0.25) is 0 Å². The Balaban J connectivity index is 1.91. The second-order valence-corrected chi connectivity index (χ2v) is 5.64. The number of halogens is 1. The largest absolute Gasteiger partial charge is 0.384 e. The Kier molecular flexibility index (Phi) is 2.99. The predicted octanol–water partition coefficient (Wildman–Crippen LogP) is 2.35. The van der Waals surface area contributed by atoms with E-state index in [0.717, 1.165) is 29.4 Å². The van der Waals surface area contributed by atoms with Gasteiger partial charge in [0, 0.05) is 42.7 Å². The van der Waals surface area contributed by atoms with Crippen molar-refractivity contribution in [2.24, 2.45) is 7.05 Å². The standard InChI is InChI=1S/C14H17ClN4/c1-18-7-10(8-18)11-4-3-9(5-12(11)15)13-6-14(16)19(2)17-13/h3-6,10H,7-8,16H2,1-2H3. The van der Waals surface area contributed by atoms with Crippen molar-refractivity contribution < 1.29 is 0 Å². The molecule has 1 saturated heterocycles. The minimum Gasteiger partial charge on any atom is -0.384 e. The van der Waals surface area contributed by atoms with Crippen LogP contribution in [0.25, 0.3) is 11.3 Å². The van der Waals surface area contributed by atoms with Gasteiger partial charge in [0.25, 0.3) is 0 Å². The van der Waals surface area contributed by atoms with Crippen molar-refractivity contribution in [3.63, 3.8) is 0 Å². The lowest BCUT2D eigenvalue weighted by Gasteiger charge is -2.37. The van der Waals surface area contributed by atoms with Gasteiger partial charge >= 0.3 is 0 Å². The molecule has 2 N–H and O–H groups in total. The van der Waals surface area contributed by atoms with Crippen LogP contribution in [0, 0.1) is 0 Å². The van der Waals surface area contributed by atoms with E-state index < -0.39 is 0 Å². The van der Waals surface area contributed by atoms with E-state index in [2.05, 4.69) is 29.2 Å². The molecule has 0 amide bonds. The summed E-state index contributed by atoms with van der Waals surface area (Å²) in [5, 5.41) is 5.19. The molecule has 0 saturated carbocycles. The summed E-state index contributed by atoms with van der Waals surface area (Å²) < 4.78 is 1.66. The number of aryl methyl sites for hydroxylation is 1. The molecule has 0 aliphatic carbocycles. The summed E-state index contributed by atoms with van der Waals surface area (Å²) in [6.45, 7) is 2.16. The van der Waals surface area contributed by atoms with Crippen LogP contribution in [0.15, 0.2) is 24.3 Å². The van der Waals surface area contributed by atoms with Gasteiger partial charge in [-0.05, 0) is 18.7 Å². The van der Waals surface area contributed by atoms with Crippen molar-refractivity contribution in [1.82, 2.24) is 14.7 Å². The molecule has 0 unspecified atom stereocenters. The third kappa shape index (κ3) is 2.22. The van der Waals surface area contributed by atoms with Gasteiger partial charge < -0.3 is 10.6 Å². The Labute approximate surface area is 117 Å². The highest BCUT2D eigenvalue weighted by Crippen LogP contribution is 2.34. The number of aromatic nitrogens is 2. The van der Waals surface area contributed by atoms with Gasteiger partial charge in [0.1, 0.15) is 5.82 Å². The second-order valence-electron chi connectivity index (χ2n) is 5.23. The van der Waals surface area contributed by atoms with Crippen molar-refractivity contribution >= 4 is 17.4 Å². The Morgan fingerprint density at radius 3 is 2.53 bits per heavy atom. The maximum Gasteiger partial charge on any atom is 0.121 e. The van der Waals surface area contributed by atoms with Crippen LogP contribution in [0.1, 0.15) is 11.5 Å². The summed E-state index contributed by atoms with van der Waals surface area (Å²) in [6.07, 6.45) is 0. The maximum atomic E-state index is 6.40. The number of likely N-dealkylation sites (N-methyl/N-ethyl adjacent to an activating group) is 1. The molecule has 0 spiro atoms. The highest BCUT2D eigenvalue weighted by atomic mass is 35.5. The molecule has 3 rings (SSSR count). The number of likely N-dealkylation sites (tertiary alicyclic amines) is 1. The van der Waals surface area contributed by atoms with E-state index in [9.17, 15) is 0 Å². The lowest BCUT2D eigenvalue weighted by Crippen LogP contribution is -2.41. The fourth-order valence-electron chi connectivity index (χ4n) is 2.54. The summed E-state index contributed by atoms with van der Waals surface area (Å²) in [4.78, 5) is 2.29. The fraction of sp³-hybridized carbons (Fsp3) is 0.357. The number of benzene rings is 1. The first-order valence-electron chi connectivity index (χ1n) is 6.32. The van der Waals surface area contributed by atoms with Gasteiger partial charge in [0.05, 0.1) is 5.69 Å². The first kappa shape index (κ1) is 12.5. The predicted molar refractivity (Wildman–Crippen MR) is 78.3 cm³/mol. The van der Waals surface area contributed by atoms with Crippen LogP contribution in [0.3, 0.4) is 0 Å². The van der Waals surface area contributed by atoms with E-state index in [-0.39, 0.29) is 0 Å². The monoisotopic (exact) mass is 276 g/mol. The van der Waals surface area contributed by atoms with Crippen LogP contribution >= 0.6 is 11.6 Å². The molecule has 2 heterocycles.